The molecule has 0 radical (unpaired) electrons. The van der Waals surface area contributed by atoms with Crippen LogP contribution in [-0.2, 0) is 6.42 Å². The summed E-state index contributed by atoms with van der Waals surface area (Å²) in [5, 5.41) is 6.91. The predicted octanol–water partition coefficient (Wildman–Crippen LogP) is 2.94. The summed E-state index contributed by atoms with van der Waals surface area (Å²) in [6.45, 7) is 3.10. The molecule has 0 atom stereocenters. The second kappa shape index (κ2) is 10.4. The van der Waals surface area contributed by atoms with Gasteiger partial charge in [0.2, 0.25) is 0 Å². The molecule has 2 rings (SSSR count). The van der Waals surface area contributed by atoms with Gasteiger partial charge in [-0.15, -0.1) is 11.8 Å². The van der Waals surface area contributed by atoms with E-state index < -0.39 is 0 Å². The van der Waals surface area contributed by atoms with Crippen molar-refractivity contribution in [2.45, 2.75) is 17.7 Å². The molecule has 0 bridgehead atoms. The number of hydrogen-bond donors (Lipinski definition) is 2. The summed E-state index contributed by atoms with van der Waals surface area (Å²) in [5.74, 6) is 0.970. The molecule has 3 nitrogen and oxygen atoms in total. The van der Waals surface area contributed by atoms with Crippen LogP contribution in [0, 0.1) is 0 Å². The summed E-state index contributed by atoms with van der Waals surface area (Å²) in [7, 11) is 0. The molecule has 0 saturated heterocycles. The summed E-state index contributed by atoms with van der Waals surface area (Å²) in [6, 6.07) is 16.6. The van der Waals surface area contributed by atoms with Crippen molar-refractivity contribution in [1.82, 2.24) is 15.6 Å². The van der Waals surface area contributed by atoms with Crippen molar-refractivity contribution in [3.05, 3.63) is 60.4 Å². The molecule has 0 aliphatic carbocycles. The van der Waals surface area contributed by atoms with Gasteiger partial charge in [-0.2, -0.15) is 0 Å². The molecule has 1 heterocycles. The van der Waals surface area contributed by atoms with E-state index in [1.807, 2.05) is 36.2 Å². The third-order valence-corrected chi connectivity index (χ3v) is 4.03. The van der Waals surface area contributed by atoms with Gasteiger partial charge in [0.25, 0.3) is 0 Å². The third kappa shape index (κ3) is 7.27. The average Bonchev–Trinajstić information content (AvgIpc) is 2.55. The van der Waals surface area contributed by atoms with Gasteiger partial charge >= 0.3 is 0 Å². The predicted molar refractivity (Wildman–Crippen MR) is 90.6 cm³/mol. The topological polar surface area (TPSA) is 37.0 Å². The summed E-state index contributed by atoms with van der Waals surface area (Å²) >= 11 is 1.85. The van der Waals surface area contributed by atoms with Crippen molar-refractivity contribution < 1.29 is 0 Å². The SMILES string of the molecule is c1ccc(SCNCCCNCCc2ccccn2)cc1. The van der Waals surface area contributed by atoms with E-state index in [0.29, 0.717) is 0 Å². The average molecular weight is 301 g/mol. The van der Waals surface area contributed by atoms with Crippen LogP contribution < -0.4 is 10.6 Å². The fraction of sp³-hybridized carbons (Fsp3) is 0.353. The normalized spacial score (nSPS) is 10.7. The van der Waals surface area contributed by atoms with E-state index in [9.17, 15) is 0 Å². The van der Waals surface area contributed by atoms with Gasteiger partial charge in [0, 0.05) is 35.6 Å². The molecule has 1 aromatic carbocycles. The Morgan fingerprint density at radius 3 is 2.48 bits per heavy atom. The molecule has 112 valence electrons. The highest BCUT2D eigenvalue weighted by Gasteiger charge is 1.94. The Labute approximate surface area is 131 Å². The molecule has 0 aliphatic heterocycles. The molecule has 4 heteroatoms. The minimum Gasteiger partial charge on any atom is -0.316 e. The molecule has 0 amide bonds. The Balaban J connectivity index is 1.40. The molecular formula is C17H23N3S. The minimum atomic E-state index is 0.970. The number of rotatable bonds is 10. The van der Waals surface area contributed by atoms with E-state index in [1.54, 1.807) is 0 Å². The molecule has 2 N–H and O–H groups in total. The highest BCUT2D eigenvalue weighted by atomic mass is 32.2. The first kappa shape index (κ1) is 16.0. The highest BCUT2D eigenvalue weighted by molar-refractivity contribution is 7.99. The van der Waals surface area contributed by atoms with Gasteiger partial charge in [0.05, 0.1) is 0 Å². The van der Waals surface area contributed by atoms with Gasteiger partial charge in [-0.05, 0) is 43.8 Å². The van der Waals surface area contributed by atoms with Crippen molar-refractivity contribution >= 4 is 11.8 Å². The van der Waals surface area contributed by atoms with Crippen molar-refractivity contribution in [2.24, 2.45) is 0 Å². The van der Waals surface area contributed by atoms with E-state index >= 15 is 0 Å². The smallest absolute Gasteiger partial charge is 0.0465 e. The number of pyridine rings is 1. The van der Waals surface area contributed by atoms with Gasteiger partial charge in [-0.3, -0.25) is 4.98 Å². The Hall–Kier alpha value is -1.36. The zero-order valence-corrected chi connectivity index (χ0v) is 13.1. The lowest BCUT2D eigenvalue weighted by Crippen LogP contribution is -2.23. The zero-order valence-electron chi connectivity index (χ0n) is 12.3. The van der Waals surface area contributed by atoms with Crippen LogP contribution in [0.4, 0.5) is 0 Å². The lowest BCUT2D eigenvalue weighted by atomic mass is 10.2. The van der Waals surface area contributed by atoms with Crippen LogP contribution in [-0.4, -0.2) is 30.5 Å². The number of thioether (sulfide) groups is 1. The van der Waals surface area contributed by atoms with Gasteiger partial charge < -0.3 is 10.6 Å². The Morgan fingerprint density at radius 2 is 1.67 bits per heavy atom. The summed E-state index contributed by atoms with van der Waals surface area (Å²) in [6.07, 6.45) is 4.00. The van der Waals surface area contributed by atoms with Crippen molar-refractivity contribution in [1.29, 1.82) is 0 Å². The standard InChI is InChI=1S/C17H23N3S/c1-2-8-17(9-3-1)21-15-19-12-6-11-18-14-10-16-7-4-5-13-20-16/h1-5,7-9,13,18-19H,6,10-12,14-15H2. The van der Waals surface area contributed by atoms with Gasteiger partial charge in [-0.1, -0.05) is 24.3 Å². The molecule has 0 aliphatic rings. The van der Waals surface area contributed by atoms with E-state index in [4.69, 9.17) is 0 Å². The Kier molecular flexibility index (Phi) is 7.92. The number of benzene rings is 1. The maximum atomic E-state index is 4.31. The second-order valence-corrected chi connectivity index (χ2v) is 5.83. The van der Waals surface area contributed by atoms with Crippen LogP contribution in [0.2, 0.25) is 0 Å². The molecule has 0 spiro atoms. The zero-order chi connectivity index (χ0) is 14.6. The van der Waals surface area contributed by atoms with Gasteiger partial charge in [-0.25, -0.2) is 0 Å². The van der Waals surface area contributed by atoms with Gasteiger partial charge in [0.15, 0.2) is 0 Å². The Morgan fingerprint density at radius 1 is 0.857 bits per heavy atom. The first-order chi connectivity index (χ1) is 10.4. The molecule has 21 heavy (non-hydrogen) atoms. The van der Waals surface area contributed by atoms with Crippen LogP contribution in [0.25, 0.3) is 0 Å². The number of nitrogens with zero attached hydrogens (tertiary/aromatic N) is 1. The molecular weight excluding hydrogens is 278 g/mol. The van der Waals surface area contributed by atoms with Crippen molar-refractivity contribution in [2.75, 3.05) is 25.5 Å². The molecule has 0 unspecified atom stereocenters. The van der Waals surface area contributed by atoms with Gasteiger partial charge in [0.1, 0.15) is 0 Å². The number of nitrogens with one attached hydrogen (secondary N) is 2. The minimum absolute atomic E-state index is 0.970. The van der Waals surface area contributed by atoms with Crippen LogP contribution in [0.1, 0.15) is 12.1 Å². The van der Waals surface area contributed by atoms with Crippen molar-refractivity contribution in [3.8, 4) is 0 Å². The fourth-order valence-electron chi connectivity index (χ4n) is 1.95. The van der Waals surface area contributed by atoms with Crippen LogP contribution >= 0.6 is 11.8 Å². The lowest BCUT2D eigenvalue weighted by Gasteiger charge is -2.06. The molecule has 0 saturated carbocycles. The highest BCUT2D eigenvalue weighted by Crippen LogP contribution is 2.14. The monoisotopic (exact) mass is 301 g/mol. The Bertz CT molecular complexity index is 430. The summed E-state index contributed by atoms with van der Waals surface area (Å²) < 4.78 is 0. The molecule has 0 fully saturated rings. The maximum absolute atomic E-state index is 4.31. The maximum Gasteiger partial charge on any atom is 0.0465 e. The van der Waals surface area contributed by atoms with E-state index in [1.165, 1.54) is 4.90 Å². The fourth-order valence-corrected chi connectivity index (χ4v) is 2.71. The summed E-state index contributed by atoms with van der Waals surface area (Å²) in [5.41, 5.74) is 1.15. The number of aromatic nitrogens is 1. The van der Waals surface area contributed by atoms with E-state index in [-0.39, 0.29) is 0 Å². The summed E-state index contributed by atoms with van der Waals surface area (Å²) in [4.78, 5) is 5.63. The van der Waals surface area contributed by atoms with E-state index in [2.05, 4.69) is 45.9 Å². The number of hydrogen-bond acceptors (Lipinski definition) is 4. The largest absolute Gasteiger partial charge is 0.316 e. The van der Waals surface area contributed by atoms with Crippen molar-refractivity contribution in [3.63, 3.8) is 0 Å². The quantitative estimate of drug-likeness (QED) is 0.402. The van der Waals surface area contributed by atoms with Crippen LogP contribution in [0.15, 0.2) is 59.6 Å². The second-order valence-electron chi connectivity index (χ2n) is 4.78. The lowest BCUT2D eigenvalue weighted by molar-refractivity contribution is 0.618. The van der Waals surface area contributed by atoms with Crippen LogP contribution in [0.5, 0.6) is 0 Å². The molecule has 1 aromatic heterocycles. The van der Waals surface area contributed by atoms with E-state index in [0.717, 1.165) is 44.0 Å². The third-order valence-electron chi connectivity index (χ3n) is 3.08. The first-order valence-corrected chi connectivity index (χ1v) is 8.43. The first-order valence-electron chi connectivity index (χ1n) is 7.44. The van der Waals surface area contributed by atoms with Crippen LogP contribution in [0.3, 0.4) is 0 Å². The molecule has 2 aromatic rings.